The largest absolute Gasteiger partial charge is 0.455 e. The van der Waals surface area contributed by atoms with Crippen LogP contribution in [0.25, 0.3) is 0 Å². The number of halogens is 2. The highest BCUT2D eigenvalue weighted by Crippen LogP contribution is 2.13. The summed E-state index contributed by atoms with van der Waals surface area (Å²) in [5, 5.41) is 2.68. The van der Waals surface area contributed by atoms with E-state index < -0.39 is 5.97 Å². The van der Waals surface area contributed by atoms with E-state index in [1.54, 1.807) is 6.07 Å². The Morgan fingerprint density at radius 3 is 2.55 bits per heavy atom. The van der Waals surface area contributed by atoms with E-state index in [-0.39, 0.29) is 18.9 Å². The van der Waals surface area contributed by atoms with Crippen LogP contribution < -0.4 is 5.32 Å². The van der Waals surface area contributed by atoms with Crippen molar-refractivity contribution in [2.45, 2.75) is 6.42 Å². The molecule has 0 fully saturated rings. The van der Waals surface area contributed by atoms with Crippen molar-refractivity contribution < 1.29 is 14.3 Å². The molecule has 0 unspecified atom stereocenters. The highest BCUT2D eigenvalue weighted by atomic mass is 127. The third kappa shape index (κ3) is 5.76. The van der Waals surface area contributed by atoms with E-state index >= 15 is 0 Å². The molecule has 0 aliphatic rings. The van der Waals surface area contributed by atoms with E-state index in [0.717, 1.165) is 13.6 Å². The fourth-order valence-corrected chi connectivity index (χ4v) is 2.54. The van der Waals surface area contributed by atoms with Gasteiger partial charge in [-0.05, 0) is 58.5 Å². The van der Waals surface area contributed by atoms with Gasteiger partial charge in [0.2, 0.25) is 0 Å². The van der Waals surface area contributed by atoms with E-state index in [2.05, 4.69) is 43.8 Å². The number of nitrogens with one attached hydrogen (secondary N) is 1. The van der Waals surface area contributed by atoms with E-state index in [0.29, 0.717) is 5.69 Å². The molecule has 0 radical (unpaired) electrons. The molecule has 4 nitrogen and oxygen atoms in total. The number of ether oxygens (including phenoxy) is 1. The summed E-state index contributed by atoms with van der Waals surface area (Å²) >= 11 is 5.49. The van der Waals surface area contributed by atoms with Crippen LogP contribution >= 0.6 is 38.5 Å². The molecule has 6 heteroatoms. The number of carbonyl (C=O) groups excluding carboxylic acids is 2. The monoisotopic (exact) mass is 473 g/mol. The Bertz CT molecular complexity index is 673. The number of carbonyl (C=O) groups is 2. The average molecular weight is 474 g/mol. The number of rotatable bonds is 5. The molecule has 0 aliphatic heterocycles. The van der Waals surface area contributed by atoms with E-state index in [4.69, 9.17) is 4.74 Å². The molecule has 1 amide bonds. The first kappa shape index (κ1) is 17.0. The second-order valence-electron chi connectivity index (χ2n) is 4.52. The molecule has 0 aliphatic carbocycles. The molecular formula is C16H13BrINO3. The van der Waals surface area contributed by atoms with Crippen LogP contribution in [0.5, 0.6) is 0 Å². The van der Waals surface area contributed by atoms with Gasteiger partial charge in [-0.3, -0.25) is 9.59 Å². The van der Waals surface area contributed by atoms with Gasteiger partial charge in [-0.15, -0.1) is 0 Å². The lowest BCUT2D eigenvalue weighted by atomic mass is 10.2. The molecule has 0 bridgehead atoms. The van der Waals surface area contributed by atoms with Crippen LogP contribution in [0, 0.1) is 3.57 Å². The van der Waals surface area contributed by atoms with Gasteiger partial charge < -0.3 is 10.1 Å². The first-order valence-corrected chi connectivity index (χ1v) is 8.35. The van der Waals surface area contributed by atoms with Gasteiger partial charge in [0.25, 0.3) is 5.91 Å². The summed E-state index contributed by atoms with van der Waals surface area (Å²) in [6.07, 6.45) is 0.143. The second kappa shape index (κ2) is 8.28. The zero-order valence-corrected chi connectivity index (χ0v) is 15.3. The molecule has 0 spiro atoms. The van der Waals surface area contributed by atoms with Crippen LogP contribution in [0.3, 0.4) is 0 Å². The number of esters is 1. The minimum Gasteiger partial charge on any atom is -0.455 e. The standard InChI is InChI=1S/C16H13BrINO3/c17-12-6-4-11(5-7-12)8-16(21)22-10-15(20)19-14-3-1-2-13(18)9-14/h1-7,9H,8,10H2,(H,19,20). The maximum atomic E-state index is 11.7. The predicted octanol–water partition coefficient (Wildman–Crippen LogP) is 3.78. The van der Waals surface area contributed by atoms with Crippen LogP contribution in [0.1, 0.15) is 5.56 Å². The van der Waals surface area contributed by atoms with Crippen LogP contribution in [0.15, 0.2) is 53.0 Å². The quantitative estimate of drug-likeness (QED) is 0.531. The summed E-state index contributed by atoms with van der Waals surface area (Å²) in [4.78, 5) is 23.4. The van der Waals surface area contributed by atoms with Gasteiger partial charge >= 0.3 is 5.97 Å². The fourth-order valence-electron chi connectivity index (χ4n) is 1.73. The van der Waals surface area contributed by atoms with Crippen molar-refractivity contribution >= 4 is 56.1 Å². The third-order valence-electron chi connectivity index (χ3n) is 2.73. The maximum Gasteiger partial charge on any atom is 0.310 e. The van der Waals surface area contributed by atoms with Gasteiger partial charge in [0.15, 0.2) is 6.61 Å². The Hall–Kier alpha value is -1.41. The lowest BCUT2D eigenvalue weighted by Crippen LogP contribution is -2.21. The van der Waals surface area contributed by atoms with E-state index in [1.807, 2.05) is 42.5 Å². The minimum atomic E-state index is -0.430. The SMILES string of the molecule is O=C(COC(=O)Cc1ccc(Br)cc1)Nc1cccc(I)c1. The molecule has 0 saturated heterocycles. The third-order valence-corrected chi connectivity index (χ3v) is 3.93. The van der Waals surface area contributed by atoms with Gasteiger partial charge in [-0.2, -0.15) is 0 Å². The number of hydrogen-bond acceptors (Lipinski definition) is 3. The molecule has 114 valence electrons. The zero-order chi connectivity index (χ0) is 15.9. The Kier molecular flexibility index (Phi) is 6.38. The van der Waals surface area contributed by atoms with E-state index in [9.17, 15) is 9.59 Å². The summed E-state index contributed by atoms with van der Waals surface area (Å²) in [6, 6.07) is 14.8. The van der Waals surface area contributed by atoms with Crippen molar-refractivity contribution in [3.05, 3.63) is 62.1 Å². The molecule has 0 atom stereocenters. The lowest BCUT2D eigenvalue weighted by Gasteiger charge is -2.07. The summed E-state index contributed by atoms with van der Waals surface area (Å²) < 4.78 is 6.94. The molecule has 0 heterocycles. The highest BCUT2D eigenvalue weighted by molar-refractivity contribution is 14.1. The van der Waals surface area contributed by atoms with Gasteiger partial charge in [-0.1, -0.05) is 34.1 Å². The summed E-state index contributed by atoms with van der Waals surface area (Å²) in [5.74, 6) is -0.786. The van der Waals surface area contributed by atoms with Crippen molar-refractivity contribution in [1.29, 1.82) is 0 Å². The molecular weight excluding hydrogens is 461 g/mol. The molecule has 0 saturated carbocycles. The maximum absolute atomic E-state index is 11.7. The first-order valence-electron chi connectivity index (χ1n) is 6.48. The Balaban J connectivity index is 1.78. The average Bonchev–Trinajstić information content (AvgIpc) is 2.48. The highest BCUT2D eigenvalue weighted by Gasteiger charge is 2.09. The normalized spacial score (nSPS) is 10.1. The summed E-state index contributed by atoms with van der Waals surface area (Å²) in [7, 11) is 0. The van der Waals surface area contributed by atoms with Crippen LogP contribution in [-0.2, 0) is 20.7 Å². The Labute approximate surface area is 150 Å². The summed E-state index contributed by atoms with van der Waals surface area (Å²) in [5.41, 5.74) is 1.52. The van der Waals surface area contributed by atoms with Crippen LogP contribution in [0.4, 0.5) is 5.69 Å². The minimum absolute atomic E-state index is 0.143. The zero-order valence-electron chi connectivity index (χ0n) is 11.5. The number of hydrogen-bond donors (Lipinski definition) is 1. The Morgan fingerprint density at radius 2 is 1.86 bits per heavy atom. The van der Waals surface area contributed by atoms with Crippen LogP contribution in [0.2, 0.25) is 0 Å². The second-order valence-corrected chi connectivity index (χ2v) is 6.68. The van der Waals surface area contributed by atoms with Crippen LogP contribution in [-0.4, -0.2) is 18.5 Å². The number of anilines is 1. The molecule has 2 rings (SSSR count). The van der Waals surface area contributed by atoms with Crippen molar-refractivity contribution in [1.82, 2.24) is 0 Å². The molecule has 2 aromatic carbocycles. The van der Waals surface area contributed by atoms with Gasteiger partial charge in [-0.25, -0.2) is 0 Å². The predicted molar refractivity (Wildman–Crippen MR) is 96.6 cm³/mol. The van der Waals surface area contributed by atoms with Gasteiger partial charge in [0.1, 0.15) is 0 Å². The molecule has 0 aromatic heterocycles. The lowest BCUT2D eigenvalue weighted by molar-refractivity contribution is -0.146. The van der Waals surface area contributed by atoms with Gasteiger partial charge in [0.05, 0.1) is 6.42 Å². The fraction of sp³-hybridized carbons (Fsp3) is 0.125. The topological polar surface area (TPSA) is 55.4 Å². The molecule has 1 N–H and O–H groups in total. The molecule has 2 aromatic rings. The van der Waals surface area contributed by atoms with Crippen molar-refractivity contribution in [3.8, 4) is 0 Å². The number of amides is 1. The van der Waals surface area contributed by atoms with E-state index in [1.165, 1.54) is 0 Å². The summed E-state index contributed by atoms with van der Waals surface area (Å²) in [6.45, 7) is -0.291. The number of benzene rings is 2. The smallest absolute Gasteiger partial charge is 0.310 e. The van der Waals surface area contributed by atoms with Crippen molar-refractivity contribution in [2.75, 3.05) is 11.9 Å². The first-order chi connectivity index (χ1) is 10.5. The van der Waals surface area contributed by atoms with Crippen molar-refractivity contribution in [3.63, 3.8) is 0 Å². The Morgan fingerprint density at radius 1 is 1.14 bits per heavy atom. The van der Waals surface area contributed by atoms with Crippen molar-refractivity contribution in [2.24, 2.45) is 0 Å². The molecule has 22 heavy (non-hydrogen) atoms. The van der Waals surface area contributed by atoms with Gasteiger partial charge in [0, 0.05) is 13.7 Å².